The molecule has 0 aliphatic heterocycles. The first-order valence-electron chi connectivity index (χ1n) is 8.52. The van der Waals surface area contributed by atoms with E-state index in [2.05, 4.69) is 21.2 Å². The summed E-state index contributed by atoms with van der Waals surface area (Å²) in [5.41, 5.74) is 2.26. The number of ether oxygens (including phenoxy) is 2. The van der Waals surface area contributed by atoms with Crippen molar-refractivity contribution in [2.75, 3.05) is 12.4 Å². The van der Waals surface area contributed by atoms with Crippen molar-refractivity contribution in [2.24, 2.45) is 0 Å². The Morgan fingerprint density at radius 1 is 0.929 bits per heavy atom. The lowest BCUT2D eigenvalue weighted by Gasteiger charge is -2.09. The van der Waals surface area contributed by atoms with Gasteiger partial charge in [0.05, 0.1) is 12.7 Å². The predicted molar refractivity (Wildman–Crippen MR) is 111 cm³/mol. The van der Waals surface area contributed by atoms with Crippen LogP contribution < -0.4 is 10.1 Å². The van der Waals surface area contributed by atoms with Crippen LogP contribution in [0.15, 0.2) is 77.3 Å². The van der Waals surface area contributed by atoms with Gasteiger partial charge in [0.1, 0.15) is 12.4 Å². The first kappa shape index (κ1) is 19.6. The fourth-order valence-electron chi connectivity index (χ4n) is 2.48. The Hall–Kier alpha value is -3.12. The van der Waals surface area contributed by atoms with Crippen LogP contribution in [0, 0.1) is 0 Å². The molecule has 3 aromatic carbocycles. The molecule has 0 unspecified atom stereocenters. The van der Waals surface area contributed by atoms with E-state index < -0.39 is 5.97 Å². The van der Waals surface area contributed by atoms with Crippen LogP contribution in [0.25, 0.3) is 0 Å². The summed E-state index contributed by atoms with van der Waals surface area (Å²) in [6.45, 7) is 0.175. The van der Waals surface area contributed by atoms with E-state index >= 15 is 0 Å². The molecule has 0 radical (unpaired) electrons. The molecular formula is C22H18BrNO4. The highest BCUT2D eigenvalue weighted by molar-refractivity contribution is 9.10. The zero-order valence-electron chi connectivity index (χ0n) is 15.1. The largest absolute Gasteiger partial charge is 0.497 e. The molecule has 0 atom stereocenters. The minimum atomic E-state index is -0.455. The van der Waals surface area contributed by atoms with Gasteiger partial charge < -0.3 is 14.8 Å². The van der Waals surface area contributed by atoms with Crippen LogP contribution in [0.1, 0.15) is 26.3 Å². The topological polar surface area (TPSA) is 64.6 Å². The standard InChI is InChI=1S/C22H18BrNO4/c1-27-20-11-7-16(8-12-20)21(25)24-19-4-2-3-17(13-19)22(26)28-14-15-5-9-18(23)10-6-15/h2-13H,14H2,1H3,(H,24,25). The van der Waals surface area contributed by atoms with Gasteiger partial charge in [0.25, 0.3) is 5.91 Å². The Balaban J connectivity index is 1.63. The summed E-state index contributed by atoms with van der Waals surface area (Å²) in [6, 6.07) is 20.9. The van der Waals surface area contributed by atoms with E-state index in [4.69, 9.17) is 9.47 Å². The van der Waals surface area contributed by atoms with E-state index in [1.165, 1.54) is 0 Å². The molecule has 28 heavy (non-hydrogen) atoms. The molecule has 1 amide bonds. The molecule has 0 aromatic heterocycles. The monoisotopic (exact) mass is 439 g/mol. The van der Waals surface area contributed by atoms with Crippen molar-refractivity contribution < 1.29 is 19.1 Å². The predicted octanol–water partition coefficient (Wildman–Crippen LogP) is 5.07. The van der Waals surface area contributed by atoms with Crippen molar-refractivity contribution in [1.29, 1.82) is 0 Å². The van der Waals surface area contributed by atoms with Gasteiger partial charge in [0.15, 0.2) is 0 Å². The molecule has 0 saturated carbocycles. The van der Waals surface area contributed by atoms with E-state index in [1.54, 1.807) is 55.6 Å². The van der Waals surface area contributed by atoms with Gasteiger partial charge >= 0.3 is 5.97 Å². The normalized spacial score (nSPS) is 10.2. The Morgan fingerprint density at radius 3 is 2.32 bits per heavy atom. The lowest BCUT2D eigenvalue weighted by Crippen LogP contribution is -2.12. The first-order chi connectivity index (χ1) is 13.5. The molecule has 3 rings (SSSR count). The van der Waals surface area contributed by atoms with Crippen molar-refractivity contribution in [3.63, 3.8) is 0 Å². The van der Waals surface area contributed by atoms with Gasteiger partial charge in [0, 0.05) is 15.7 Å². The van der Waals surface area contributed by atoms with Crippen LogP contribution in [-0.2, 0) is 11.3 Å². The summed E-state index contributed by atoms with van der Waals surface area (Å²) >= 11 is 3.37. The summed E-state index contributed by atoms with van der Waals surface area (Å²) < 4.78 is 11.4. The van der Waals surface area contributed by atoms with E-state index in [9.17, 15) is 9.59 Å². The lowest BCUT2D eigenvalue weighted by molar-refractivity contribution is 0.0472. The molecule has 0 bridgehead atoms. The molecule has 0 aliphatic carbocycles. The number of amides is 1. The van der Waals surface area contributed by atoms with Crippen molar-refractivity contribution in [1.82, 2.24) is 0 Å². The van der Waals surface area contributed by atoms with Gasteiger partial charge in [-0.3, -0.25) is 4.79 Å². The third kappa shape index (κ3) is 5.20. The van der Waals surface area contributed by atoms with Crippen LogP contribution >= 0.6 is 15.9 Å². The smallest absolute Gasteiger partial charge is 0.338 e. The van der Waals surface area contributed by atoms with Gasteiger partial charge in [-0.05, 0) is 60.2 Å². The third-order valence-electron chi connectivity index (χ3n) is 3.99. The molecule has 0 saturated heterocycles. The number of carbonyl (C=O) groups is 2. The van der Waals surface area contributed by atoms with Crippen molar-refractivity contribution in [3.8, 4) is 5.75 Å². The maximum absolute atomic E-state index is 12.4. The SMILES string of the molecule is COc1ccc(C(=O)Nc2cccc(C(=O)OCc3ccc(Br)cc3)c2)cc1. The summed E-state index contributed by atoms with van der Waals surface area (Å²) in [4.78, 5) is 24.7. The highest BCUT2D eigenvalue weighted by Gasteiger charge is 2.11. The fourth-order valence-corrected chi connectivity index (χ4v) is 2.75. The van der Waals surface area contributed by atoms with E-state index in [0.717, 1.165) is 10.0 Å². The Bertz CT molecular complexity index is 969. The van der Waals surface area contributed by atoms with E-state index in [-0.39, 0.29) is 12.5 Å². The number of benzene rings is 3. The van der Waals surface area contributed by atoms with Crippen LogP contribution in [0.5, 0.6) is 5.75 Å². The van der Waals surface area contributed by atoms with Crippen LogP contribution in [0.2, 0.25) is 0 Å². The minimum Gasteiger partial charge on any atom is -0.497 e. The Kier molecular flexibility index (Phi) is 6.45. The molecule has 3 aromatic rings. The Morgan fingerprint density at radius 2 is 1.64 bits per heavy atom. The van der Waals surface area contributed by atoms with E-state index in [1.807, 2.05) is 24.3 Å². The quantitative estimate of drug-likeness (QED) is 0.544. The molecule has 142 valence electrons. The third-order valence-corrected chi connectivity index (χ3v) is 4.52. The van der Waals surface area contributed by atoms with Crippen LogP contribution in [0.3, 0.4) is 0 Å². The summed E-state index contributed by atoms with van der Waals surface area (Å²) in [7, 11) is 1.57. The number of methoxy groups -OCH3 is 1. The number of carbonyl (C=O) groups excluding carboxylic acids is 2. The van der Waals surface area contributed by atoms with Crippen molar-refractivity contribution in [3.05, 3.63) is 94.0 Å². The average molecular weight is 440 g/mol. The zero-order chi connectivity index (χ0) is 19.9. The average Bonchev–Trinajstić information content (AvgIpc) is 2.73. The number of hydrogen-bond acceptors (Lipinski definition) is 4. The van der Waals surface area contributed by atoms with E-state index in [0.29, 0.717) is 22.6 Å². The number of nitrogens with one attached hydrogen (secondary N) is 1. The molecule has 5 nitrogen and oxygen atoms in total. The lowest BCUT2D eigenvalue weighted by atomic mass is 10.1. The molecular weight excluding hydrogens is 422 g/mol. The minimum absolute atomic E-state index is 0.175. The highest BCUT2D eigenvalue weighted by atomic mass is 79.9. The number of anilines is 1. The molecule has 0 heterocycles. The molecule has 1 N–H and O–H groups in total. The highest BCUT2D eigenvalue weighted by Crippen LogP contribution is 2.17. The molecule has 0 fully saturated rings. The van der Waals surface area contributed by atoms with Gasteiger partial charge in [-0.2, -0.15) is 0 Å². The fraction of sp³-hybridized carbons (Fsp3) is 0.0909. The maximum atomic E-state index is 12.4. The first-order valence-corrected chi connectivity index (χ1v) is 9.31. The second-order valence-corrected chi connectivity index (χ2v) is 6.88. The summed E-state index contributed by atoms with van der Waals surface area (Å²) in [5.74, 6) is -0.0569. The molecule has 0 aliphatic rings. The van der Waals surface area contributed by atoms with Crippen LogP contribution in [-0.4, -0.2) is 19.0 Å². The maximum Gasteiger partial charge on any atom is 0.338 e. The number of hydrogen-bond donors (Lipinski definition) is 1. The van der Waals surface area contributed by atoms with Gasteiger partial charge in [0.2, 0.25) is 0 Å². The zero-order valence-corrected chi connectivity index (χ0v) is 16.7. The number of rotatable bonds is 6. The van der Waals surface area contributed by atoms with Crippen LogP contribution in [0.4, 0.5) is 5.69 Å². The van der Waals surface area contributed by atoms with Gasteiger partial charge in [-0.25, -0.2) is 4.79 Å². The van der Waals surface area contributed by atoms with Gasteiger partial charge in [-0.1, -0.05) is 34.1 Å². The van der Waals surface area contributed by atoms with Gasteiger partial charge in [-0.15, -0.1) is 0 Å². The van der Waals surface area contributed by atoms with Crippen molar-refractivity contribution in [2.45, 2.75) is 6.61 Å². The molecule has 6 heteroatoms. The number of esters is 1. The summed E-state index contributed by atoms with van der Waals surface area (Å²) in [5, 5.41) is 2.78. The number of halogens is 1. The Labute approximate surface area is 171 Å². The summed E-state index contributed by atoms with van der Waals surface area (Å²) in [6.07, 6.45) is 0. The molecule has 0 spiro atoms. The van der Waals surface area contributed by atoms with Crippen molar-refractivity contribution >= 4 is 33.5 Å². The second kappa shape index (κ2) is 9.19. The second-order valence-electron chi connectivity index (χ2n) is 5.97.